The van der Waals surface area contributed by atoms with Crippen molar-refractivity contribution in [1.29, 1.82) is 5.26 Å². The van der Waals surface area contributed by atoms with Gasteiger partial charge in [-0.1, -0.05) is 52.0 Å². The Hall–Kier alpha value is -1.77. The Labute approximate surface area is 172 Å². The summed E-state index contributed by atoms with van der Waals surface area (Å²) < 4.78 is 15.3. The van der Waals surface area contributed by atoms with E-state index in [9.17, 15) is 5.26 Å². The molecule has 1 aliphatic rings. The molecule has 1 fully saturated rings. The van der Waals surface area contributed by atoms with Crippen molar-refractivity contribution in [2.24, 2.45) is 10.8 Å². The van der Waals surface area contributed by atoms with Crippen LogP contribution in [0.5, 0.6) is 0 Å². The molecular weight excluding hydrogens is 369 g/mol. The molecular formula is C23H30FN3S. The van der Waals surface area contributed by atoms with Crippen LogP contribution in [0.1, 0.15) is 51.1 Å². The van der Waals surface area contributed by atoms with Crippen molar-refractivity contribution in [3.63, 3.8) is 0 Å². The van der Waals surface area contributed by atoms with Crippen LogP contribution >= 0.6 is 11.3 Å². The number of thiazole rings is 1. The Bertz CT molecular complexity index is 831. The smallest absolute Gasteiger partial charge is 0.120 e. The Kier molecular flexibility index (Phi) is 6.21. The fourth-order valence-corrected chi connectivity index (χ4v) is 5.00. The van der Waals surface area contributed by atoms with E-state index in [0.29, 0.717) is 6.54 Å². The van der Waals surface area contributed by atoms with Gasteiger partial charge in [0.1, 0.15) is 6.17 Å². The molecule has 3 rings (SSSR count). The number of halogens is 1. The molecule has 0 radical (unpaired) electrons. The zero-order valence-corrected chi connectivity index (χ0v) is 18.2. The van der Waals surface area contributed by atoms with Gasteiger partial charge in [0, 0.05) is 35.9 Å². The van der Waals surface area contributed by atoms with Crippen LogP contribution in [0.2, 0.25) is 0 Å². The Morgan fingerprint density at radius 1 is 1.32 bits per heavy atom. The molecule has 28 heavy (non-hydrogen) atoms. The van der Waals surface area contributed by atoms with Crippen LogP contribution in [-0.2, 0) is 13.0 Å². The summed E-state index contributed by atoms with van der Waals surface area (Å²) in [4.78, 5) is 6.82. The zero-order valence-electron chi connectivity index (χ0n) is 17.3. The SMILES string of the molecule is CCc1nc(-c2ccc(CN3CCC(CC#N)(C(C)(C)C)C(F)C3)cc2)cs1. The van der Waals surface area contributed by atoms with Gasteiger partial charge in [0.05, 0.1) is 16.8 Å². The van der Waals surface area contributed by atoms with Gasteiger partial charge >= 0.3 is 0 Å². The van der Waals surface area contributed by atoms with Crippen molar-refractivity contribution in [3.8, 4) is 17.3 Å². The maximum atomic E-state index is 15.3. The maximum Gasteiger partial charge on any atom is 0.120 e. The summed E-state index contributed by atoms with van der Waals surface area (Å²) in [6.07, 6.45) is 0.988. The fourth-order valence-electron chi connectivity index (χ4n) is 4.25. The van der Waals surface area contributed by atoms with E-state index in [1.54, 1.807) is 11.3 Å². The molecule has 0 N–H and O–H groups in total. The van der Waals surface area contributed by atoms with E-state index in [-0.39, 0.29) is 11.8 Å². The molecule has 3 nitrogen and oxygen atoms in total. The lowest BCUT2D eigenvalue weighted by molar-refractivity contribution is -0.0660. The van der Waals surface area contributed by atoms with Crippen molar-refractivity contribution in [1.82, 2.24) is 9.88 Å². The fraction of sp³-hybridized carbons (Fsp3) is 0.565. The number of nitriles is 1. The van der Waals surface area contributed by atoms with Crippen molar-refractivity contribution in [2.75, 3.05) is 13.1 Å². The summed E-state index contributed by atoms with van der Waals surface area (Å²) in [6.45, 7) is 10.3. The van der Waals surface area contributed by atoms with E-state index >= 15 is 4.39 Å². The van der Waals surface area contributed by atoms with Crippen LogP contribution in [-0.4, -0.2) is 29.1 Å². The van der Waals surface area contributed by atoms with Crippen molar-refractivity contribution < 1.29 is 4.39 Å². The number of aromatic nitrogens is 1. The molecule has 1 saturated heterocycles. The molecule has 2 atom stereocenters. The first-order chi connectivity index (χ1) is 13.3. The van der Waals surface area contributed by atoms with Crippen molar-refractivity contribution >= 4 is 11.3 Å². The predicted octanol–water partition coefficient (Wildman–Crippen LogP) is 5.86. The van der Waals surface area contributed by atoms with Gasteiger partial charge < -0.3 is 0 Å². The average Bonchev–Trinajstić information content (AvgIpc) is 3.13. The van der Waals surface area contributed by atoms with Crippen LogP contribution in [0, 0.1) is 22.2 Å². The van der Waals surface area contributed by atoms with Gasteiger partial charge in [-0.15, -0.1) is 11.3 Å². The minimum atomic E-state index is -0.984. The number of rotatable bonds is 5. The van der Waals surface area contributed by atoms with Crippen molar-refractivity contribution in [3.05, 3.63) is 40.2 Å². The standard InChI is InChI=1S/C23H30FN3S/c1-5-21-26-19(16-28-21)18-8-6-17(7-9-18)14-27-13-11-23(10-12-25,20(24)15-27)22(2,3)4/h6-9,16,20H,5,10-11,13-15H2,1-4H3. The number of nitrogens with zero attached hydrogens (tertiary/aromatic N) is 3. The first-order valence-corrected chi connectivity index (χ1v) is 10.9. The predicted molar refractivity (Wildman–Crippen MR) is 114 cm³/mol. The molecule has 1 aromatic carbocycles. The average molecular weight is 400 g/mol. The molecule has 0 saturated carbocycles. The normalized spacial score (nSPS) is 23.5. The van der Waals surface area contributed by atoms with Gasteiger partial charge in [-0.2, -0.15) is 5.26 Å². The maximum absolute atomic E-state index is 15.3. The lowest BCUT2D eigenvalue weighted by Gasteiger charge is -2.51. The highest BCUT2D eigenvalue weighted by Gasteiger charge is 2.51. The molecule has 0 spiro atoms. The van der Waals surface area contributed by atoms with E-state index in [2.05, 4.69) is 73.3 Å². The summed E-state index contributed by atoms with van der Waals surface area (Å²) in [5.41, 5.74) is 2.57. The molecule has 2 heterocycles. The summed E-state index contributed by atoms with van der Waals surface area (Å²) in [6, 6.07) is 10.7. The largest absolute Gasteiger partial charge is 0.296 e. The number of likely N-dealkylation sites (tertiary alicyclic amines) is 1. The summed E-state index contributed by atoms with van der Waals surface area (Å²) >= 11 is 1.70. The van der Waals surface area contributed by atoms with E-state index in [0.717, 1.165) is 42.2 Å². The highest BCUT2D eigenvalue weighted by Crippen LogP contribution is 2.50. The lowest BCUT2D eigenvalue weighted by Crippen LogP contribution is -2.54. The molecule has 2 unspecified atom stereocenters. The van der Waals surface area contributed by atoms with Gasteiger partial charge in [-0.05, 0) is 30.4 Å². The summed E-state index contributed by atoms with van der Waals surface area (Å²) in [7, 11) is 0. The van der Waals surface area contributed by atoms with Crippen LogP contribution in [0.15, 0.2) is 29.6 Å². The third-order valence-corrected chi connectivity index (χ3v) is 7.28. The number of hydrogen-bond acceptors (Lipinski definition) is 4. The molecule has 1 aromatic heterocycles. The molecule has 5 heteroatoms. The molecule has 2 aromatic rings. The number of hydrogen-bond donors (Lipinski definition) is 0. The Balaban J connectivity index is 1.66. The molecule has 0 aliphatic carbocycles. The summed E-state index contributed by atoms with van der Waals surface area (Å²) in [5.74, 6) is 0. The van der Waals surface area contributed by atoms with Crippen LogP contribution in [0.3, 0.4) is 0 Å². The second kappa shape index (κ2) is 8.31. The second-order valence-electron chi connectivity index (χ2n) is 8.87. The Morgan fingerprint density at radius 3 is 2.57 bits per heavy atom. The van der Waals surface area contributed by atoms with Gasteiger partial charge in [0.15, 0.2) is 0 Å². The van der Waals surface area contributed by atoms with E-state index in [4.69, 9.17) is 0 Å². The number of alkyl halides is 1. The quantitative estimate of drug-likeness (QED) is 0.632. The lowest BCUT2D eigenvalue weighted by atomic mass is 9.59. The van der Waals surface area contributed by atoms with Gasteiger partial charge in [0.2, 0.25) is 0 Å². The van der Waals surface area contributed by atoms with E-state index < -0.39 is 11.6 Å². The first-order valence-electron chi connectivity index (χ1n) is 10.1. The minimum absolute atomic E-state index is 0.221. The Morgan fingerprint density at radius 2 is 2.04 bits per heavy atom. The van der Waals surface area contributed by atoms with Gasteiger partial charge in [0.25, 0.3) is 0 Å². The minimum Gasteiger partial charge on any atom is -0.296 e. The monoisotopic (exact) mass is 399 g/mol. The molecule has 150 valence electrons. The number of aryl methyl sites for hydroxylation is 1. The van der Waals surface area contributed by atoms with Crippen LogP contribution in [0.4, 0.5) is 4.39 Å². The van der Waals surface area contributed by atoms with Gasteiger partial charge in [-0.25, -0.2) is 9.37 Å². The first kappa shape index (κ1) is 21.0. The molecule has 0 bridgehead atoms. The third kappa shape index (κ3) is 4.14. The topological polar surface area (TPSA) is 39.9 Å². The van der Waals surface area contributed by atoms with Crippen LogP contribution < -0.4 is 0 Å². The van der Waals surface area contributed by atoms with E-state index in [1.807, 2.05) is 0 Å². The highest BCUT2D eigenvalue weighted by molar-refractivity contribution is 7.09. The van der Waals surface area contributed by atoms with Gasteiger partial charge in [-0.3, -0.25) is 4.90 Å². The molecule has 1 aliphatic heterocycles. The van der Waals surface area contributed by atoms with E-state index in [1.165, 1.54) is 5.56 Å². The number of piperidine rings is 1. The molecule has 0 amide bonds. The summed E-state index contributed by atoms with van der Waals surface area (Å²) in [5, 5.41) is 12.5. The third-order valence-electron chi connectivity index (χ3n) is 6.29. The second-order valence-corrected chi connectivity index (χ2v) is 9.81. The van der Waals surface area contributed by atoms with Crippen molar-refractivity contribution in [2.45, 2.75) is 59.7 Å². The zero-order chi connectivity index (χ0) is 20.4. The number of benzene rings is 1. The van der Waals surface area contributed by atoms with Crippen LogP contribution in [0.25, 0.3) is 11.3 Å². The highest BCUT2D eigenvalue weighted by atomic mass is 32.1.